The second-order valence-corrected chi connectivity index (χ2v) is 10.8. The van der Waals surface area contributed by atoms with E-state index in [1.807, 2.05) is 38.1 Å². The summed E-state index contributed by atoms with van der Waals surface area (Å²) in [6.07, 6.45) is 1.51. The van der Waals surface area contributed by atoms with E-state index in [1.54, 1.807) is 30.0 Å². The zero-order chi connectivity index (χ0) is 26.3. The molecule has 0 bridgehead atoms. The van der Waals surface area contributed by atoms with Crippen LogP contribution in [0.5, 0.6) is 11.5 Å². The molecule has 0 saturated heterocycles. The highest BCUT2D eigenvalue weighted by Gasteiger charge is 2.27. The van der Waals surface area contributed by atoms with Crippen LogP contribution in [0.25, 0.3) is 0 Å². The van der Waals surface area contributed by atoms with Gasteiger partial charge in [-0.1, -0.05) is 29.8 Å². The summed E-state index contributed by atoms with van der Waals surface area (Å²) < 4.78 is 37.5. The van der Waals surface area contributed by atoms with E-state index < -0.39 is 16.1 Å². The standard InChI is InChI=1S/C26H35N3O6S/c1-5-27-26(31)20(3)28(18-21-9-6-8-19(2)16-21)25(30)10-7-13-29(36(4,32)33)22-11-12-23-24(17-22)35-15-14-34-23/h6,8-9,11-12,16-17,20H,5,7,10,13-15,18H2,1-4H3,(H,27,31)/t20-/m1/s1. The van der Waals surface area contributed by atoms with Crippen molar-refractivity contribution < 1.29 is 27.5 Å². The summed E-state index contributed by atoms with van der Waals surface area (Å²) in [7, 11) is -3.61. The molecular weight excluding hydrogens is 482 g/mol. The molecule has 9 nitrogen and oxygen atoms in total. The van der Waals surface area contributed by atoms with Gasteiger partial charge in [-0.05, 0) is 44.9 Å². The topological polar surface area (TPSA) is 105 Å². The molecule has 36 heavy (non-hydrogen) atoms. The van der Waals surface area contributed by atoms with Gasteiger partial charge in [-0.2, -0.15) is 0 Å². The lowest BCUT2D eigenvalue weighted by atomic mass is 10.1. The number of fused-ring (bicyclic) bond motifs is 1. The fourth-order valence-electron chi connectivity index (χ4n) is 4.10. The van der Waals surface area contributed by atoms with Gasteiger partial charge in [0.2, 0.25) is 21.8 Å². The number of ether oxygens (including phenoxy) is 2. The van der Waals surface area contributed by atoms with E-state index in [-0.39, 0.29) is 37.7 Å². The zero-order valence-electron chi connectivity index (χ0n) is 21.3. The smallest absolute Gasteiger partial charge is 0.242 e. The number of hydrogen-bond acceptors (Lipinski definition) is 6. The highest BCUT2D eigenvalue weighted by Crippen LogP contribution is 2.34. The first-order valence-electron chi connectivity index (χ1n) is 12.1. The predicted octanol–water partition coefficient (Wildman–Crippen LogP) is 2.87. The molecule has 0 fully saturated rings. The van der Waals surface area contributed by atoms with Crippen molar-refractivity contribution in [1.29, 1.82) is 0 Å². The van der Waals surface area contributed by atoms with Crippen LogP contribution in [0.2, 0.25) is 0 Å². The van der Waals surface area contributed by atoms with Crippen molar-refractivity contribution in [2.75, 3.05) is 36.9 Å². The molecule has 3 rings (SSSR count). The van der Waals surface area contributed by atoms with E-state index in [2.05, 4.69) is 5.32 Å². The van der Waals surface area contributed by atoms with Crippen LogP contribution in [-0.4, -0.2) is 63.7 Å². The number of likely N-dealkylation sites (N-methyl/N-ethyl adjacent to an activating group) is 1. The number of nitrogens with zero attached hydrogens (tertiary/aromatic N) is 2. The van der Waals surface area contributed by atoms with Gasteiger partial charge in [0.15, 0.2) is 11.5 Å². The van der Waals surface area contributed by atoms with Gasteiger partial charge in [0.1, 0.15) is 19.3 Å². The molecule has 0 saturated carbocycles. The molecule has 1 atom stereocenters. The molecule has 0 aromatic heterocycles. The molecule has 0 aliphatic carbocycles. The van der Waals surface area contributed by atoms with Crippen LogP contribution in [0.15, 0.2) is 42.5 Å². The second-order valence-electron chi connectivity index (χ2n) is 8.85. The van der Waals surface area contributed by atoms with Crippen LogP contribution in [0.1, 0.15) is 37.8 Å². The molecule has 0 unspecified atom stereocenters. The van der Waals surface area contributed by atoms with Crippen LogP contribution in [0.4, 0.5) is 5.69 Å². The number of rotatable bonds is 11. The molecule has 0 radical (unpaired) electrons. The number of hydrogen-bond donors (Lipinski definition) is 1. The van der Waals surface area contributed by atoms with E-state index in [9.17, 15) is 18.0 Å². The summed E-state index contributed by atoms with van der Waals surface area (Å²) >= 11 is 0. The van der Waals surface area contributed by atoms with Gasteiger partial charge in [0, 0.05) is 32.1 Å². The van der Waals surface area contributed by atoms with E-state index in [1.165, 1.54) is 4.31 Å². The predicted molar refractivity (Wildman–Crippen MR) is 139 cm³/mol. The van der Waals surface area contributed by atoms with Crippen molar-refractivity contribution in [3.05, 3.63) is 53.6 Å². The van der Waals surface area contributed by atoms with Crippen LogP contribution in [-0.2, 0) is 26.2 Å². The van der Waals surface area contributed by atoms with Gasteiger partial charge < -0.3 is 19.7 Å². The fraction of sp³-hybridized carbons (Fsp3) is 0.462. The number of nitrogens with one attached hydrogen (secondary N) is 1. The molecule has 2 amide bonds. The molecule has 10 heteroatoms. The van der Waals surface area contributed by atoms with E-state index in [0.717, 1.165) is 17.4 Å². The maximum Gasteiger partial charge on any atom is 0.242 e. The lowest BCUT2D eigenvalue weighted by Gasteiger charge is -2.29. The molecule has 1 aliphatic rings. The molecule has 2 aromatic rings. The Kier molecular flexibility index (Phi) is 9.19. The zero-order valence-corrected chi connectivity index (χ0v) is 22.1. The summed E-state index contributed by atoms with van der Waals surface area (Å²) in [5.74, 6) is 0.613. The lowest BCUT2D eigenvalue weighted by Crippen LogP contribution is -2.47. The number of amides is 2. The minimum absolute atomic E-state index is 0.0894. The monoisotopic (exact) mass is 517 g/mol. The van der Waals surface area contributed by atoms with Crippen molar-refractivity contribution in [3.8, 4) is 11.5 Å². The van der Waals surface area contributed by atoms with E-state index >= 15 is 0 Å². The molecule has 1 heterocycles. The van der Waals surface area contributed by atoms with Crippen LogP contribution < -0.4 is 19.1 Å². The van der Waals surface area contributed by atoms with Gasteiger partial charge in [0.05, 0.1) is 11.9 Å². The maximum atomic E-state index is 13.3. The summed E-state index contributed by atoms with van der Waals surface area (Å²) in [6.45, 7) is 7.21. The normalized spacial score (nSPS) is 13.6. The van der Waals surface area contributed by atoms with Gasteiger partial charge >= 0.3 is 0 Å². The first-order valence-corrected chi connectivity index (χ1v) is 13.9. The highest BCUT2D eigenvalue weighted by molar-refractivity contribution is 7.92. The molecular formula is C26H35N3O6S. The third-order valence-electron chi connectivity index (χ3n) is 5.92. The van der Waals surface area contributed by atoms with Crippen LogP contribution in [0.3, 0.4) is 0 Å². The first kappa shape index (κ1) is 27.3. The maximum absolute atomic E-state index is 13.3. The average molecular weight is 518 g/mol. The fourth-order valence-corrected chi connectivity index (χ4v) is 5.06. The molecule has 1 N–H and O–H groups in total. The summed E-state index contributed by atoms with van der Waals surface area (Å²) in [4.78, 5) is 27.4. The Hall–Kier alpha value is -3.27. The Morgan fingerprint density at radius 1 is 1.08 bits per heavy atom. The SMILES string of the molecule is CCNC(=O)[C@@H](C)N(Cc1cccc(C)c1)C(=O)CCCN(c1ccc2c(c1)OCCO2)S(C)(=O)=O. The van der Waals surface area contributed by atoms with Crippen molar-refractivity contribution in [1.82, 2.24) is 10.2 Å². The number of benzene rings is 2. The van der Waals surface area contributed by atoms with E-state index in [4.69, 9.17) is 9.47 Å². The minimum Gasteiger partial charge on any atom is -0.486 e. The van der Waals surface area contributed by atoms with Crippen molar-refractivity contribution in [2.45, 2.75) is 46.2 Å². The van der Waals surface area contributed by atoms with Gasteiger partial charge in [-0.3, -0.25) is 13.9 Å². The lowest BCUT2D eigenvalue weighted by molar-refractivity contribution is -0.140. The van der Waals surface area contributed by atoms with Crippen LogP contribution >= 0.6 is 0 Å². The van der Waals surface area contributed by atoms with Gasteiger partial charge in [-0.15, -0.1) is 0 Å². The van der Waals surface area contributed by atoms with Gasteiger partial charge in [0.25, 0.3) is 0 Å². The quantitative estimate of drug-likeness (QED) is 0.492. The third-order valence-corrected chi connectivity index (χ3v) is 7.11. The summed E-state index contributed by atoms with van der Waals surface area (Å²) in [6, 6.07) is 12.1. The minimum atomic E-state index is -3.61. The third kappa shape index (κ3) is 7.13. The molecule has 1 aliphatic heterocycles. The Morgan fingerprint density at radius 2 is 1.81 bits per heavy atom. The molecule has 196 valence electrons. The first-order chi connectivity index (χ1) is 17.1. The summed E-state index contributed by atoms with van der Waals surface area (Å²) in [5, 5.41) is 2.78. The number of sulfonamides is 1. The van der Waals surface area contributed by atoms with Crippen molar-refractivity contribution in [2.24, 2.45) is 0 Å². The van der Waals surface area contributed by atoms with E-state index in [0.29, 0.717) is 36.9 Å². The number of carbonyl (C=O) groups excluding carboxylic acids is 2. The van der Waals surface area contributed by atoms with Crippen molar-refractivity contribution >= 4 is 27.5 Å². The number of aryl methyl sites for hydroxylation is 1. The average Bonchev–Trinajstić information content (AvgIpc) is 2.83. The van der Waals surface area contributed by atoms with Crippen molar-refractivity contribution in [3.63, 3.8) is 0 Å². The Bertz CT molecular complexity index is 1180. The highest BCUT2D eigenvalue weighted by atomic mass is 32.2. The Morgan fingerprint density at radius 3 is 2.47 bits per heavy atom. The second kappa shape index (κ2) is 12.1. The number of carbonyl (C=O) groups is 2. The van der Waals surface area contributed by atoms with Crippen LogP contribution in [0, 0.1) is 6.92 Å². The summed E-state index contributed by atoms with van der Waals surface area (Å²) in [5.41, 5.74) is 2.43. The van der Waals surface area contributed by atoms with Gasteiger partial charge in [-0.25, -0.2) is 8.42 Å². The Labute approximate surface area is 213 Å². The number of anilines is 1. The molecule has 0 spiro atoms. The molecule has 2 aromatic carbocycles. The Balaban J connectivity index is 1.73. The largest absolute Gasteiger partial charge is 0.486 e.